The van der Waals surface area contributed by atoms with Crippen molar-refractivity contribution in [3.63, 3.8) is 0 Å². The quantitative estimate of drug-likeness (QED) is 0.389. The lowest BCUT2D eigenvalue weighted by Gasteiger charge is -2.36. The number of hydrogen-bond donors (Lipinski definition) is 2. The predicted molar refractivity (Wildman–Crippen MR) is 133 cm³/mol. The van der Waals surface area contributed by atoms with Crippen molar-refractivity contribution in [1.82, 2.24) is 4.90 Å². The number of Topliss-reactive ketones (excluding diaryl/α,β-unsaturated/α-hetero) is 3. The third-order valence-electron chi connectivity index (χ3n) is 6.57. The van der Waals surface area contributed by atoms with E-state index in [9.17, 15) is 24.3 Å². The lowest BCUT2D eigenvalue weighted by Crippen LogP contribution is -3.00. The van der Waals surface area contributed by atoms with Crippen LogP contribution in [0.5, 0.6) is 0 Å². The average Bonchev–Trinajstić information content (AvgIpc) is 2.70. The summed E-state index contributed by atoms with van der Waals surface area (Å²) in [5, 5.41) is 10.8. The maximum atomic E-state index is 12.9. The van der Waals surface area contributed by atoms with Gasteiger partial charge in [-0.15, -0.1) is 0 Å². The molecule has 0 radical (unpaired) electrons. The summed E-state index contributed by atoms with van der Waals surface area (Å²) in [5.74, 6) is -0.317. The summed E-state index contributed by atoms with van der Waals surface area (Å²) in [5.41, 5.74) is 3.82. The molecule has 1 aliphatic heterocycles. The number of carbonyl (C=O) groups excluding carboxylic acids is 4. The molecule has 1 heterocycles. The summed E-state index contributed by atoms with van der Waals surface area (Å²) in [7, 11) is 0. The number of carbonyl (C=O) groups is 4. The Balaban J connectivity index is 0. The second-order valence-electron chi connectivity index (χ2n) is 9.09. The van der Waals surface area contributed by atoms with E-state index in [0.717, 1.165) is 12.8 Å². The van der Waals surface area contributed by atoms with E-state index in [1.54, 1.807) is 32.6 Å². The maximum absolute atomic E-state index is 12.9. The first-order valence-electron chi connectivity index (χ1n) is 10.7. The normalized spacial score (nSPS) is 19.8. The fourth-order valence-corrected chi connectivity index (χ4v) is 4.10. The van der Waals surface area contributed by atoms with E-state index in [2.05, 4.69) is 5.73 Å². The highest BCUT2D eigenvalue weighted by molar-refractivity contribution is 7.59. The molecule has 1 saturated heterocycles. The van der Waals surface area contributed by atoms with Gasteiger partial charge in [-0.25, -0.2) is 0 Å². The van der Waals surface area contributed by atoms with Crippen molar-refractivity contribution in [2.75, 3.05) is 13.1 Å². The van der Waals surface area contributed by atoms with Gasteiger partial charge in [0.2, 0.25) is 0 Å². The summed E-state index contributed by atoms with van der Waals surface area (Å²) in [6.07, 6.45) is 2.17. The Labute approximate surface area is 216 Å². The molecule has 1 fully saturated rings. The zero-order valence-corrected chi connectivity index (χ0v) is 23.0. The minimum Gasteiger partial charge on any atom is -1.00 e. The first-order chi connectivity index (χ1) is 13.9. The summed E-state index contributed by atoms with van der Waals surface area (Å²) in [6, 6.07) is -0.222. The molecule has 0 saturated carbocycles. The van der Waals surface area contributed by atoms with Gasteiger partial charge in [-0.05, 0) is 66.2 Å². The third-order valence-corrected chi connectivity index (χ3v) is 6.57. The molecular weight excluding hydrogens is 484 g/mol. The van der Waals surface area contributed by atoms with Gasteiger partial charge < -0.3 is 28.1 Å². The van der Waals surface area contributed by atoms with Crippen LogP contribution in [-0.4, -0.2) is 58.0 Å². The highest BCUT2D eigenvalue weighted by Crippen LogP contribution is 2.30. The lowest BCUT2D eigenvalue weighted by atomic mass is 9.82. The van der Waals surface area contributed by atoms with E-state index < -0.39 is 5.60 Å². The Hall–Kier alpha value is -1.13. The van der Waals surface area contributed by atoms with Gasteiger partial charge in [0.05, 0.1) is 0 Å². The fraction of sp³-hybridized carbons (Fsp3) is 0.652. The van der Waals surface area contributed by atoms with E-state index in [1.807, 2.05) is 0 Å². The molecule has 1 amide bonds. The second-order valence-corrected chi connectivity index (χ2v) is 9.09. The van der Waals surface area contributed by atoms with Crippen LogP contribution in [0.3, 0.4) is 0 Å². The van der Waals surface area contributed by atoms with E-state index in [-0.39, 0.29) is 87.5 Å². The first-order valence-corrected chi connectivity index (χ1v) is 10.7. The number of halogens is 1. The van der Waals surface area contributed by atoms with Crippen LogP contribution in [0, 0.1) is 5.92 Å². The second kappa shape index (κ2) is 13.7. The molecule has 2 atom stereocenters. The van der Waals surface area contributed by atoms with Gasteiger partial charge in [-0.2, -0.15) is 27.0 Å². The number of allylic oxidation sites excluding steroid dienone is 4. The molecule has 0 bridgehead atoms. The summed E-state index contributed by atoms with van der Waals surface area (Å²) in [4.78, 5) is 51.3. The number of aliphatic hydroxyl groups is 1. The van der Waals surface area contributed by atoms with Gasteiger partial charge >= 0.3 is 0 Å². The number of rotatable bonds is 7. The van der Waals surface area contributed by atoms with Crippen molar-refractivity contribution in [2.24, 2.45) is 5.92 Å². The van der Waals surface area contributed by atoms with Crippen LogP contribution >= 0.6 is 27.0 Å². The van der Waals surface area contributed by atoms with Crippen LogP contribution in [0.15, 0.2) is 22.3 Å². The van der Waals surface area contributed by atoms with Crippen LogP contribution in [0.4, 0.5) is 0 Å². The van der Waals surface area contributed by atoms with Crippen LogP contribution in [0.2, 0.25) is 0 Å². The molecule has 1 aliphatic carbocycles. The Kier molecular flexibility index (Phi) is 14.1. The number of ketones is 3. The minimum absolute atomic E-state index is 0. The van der Waals surface area contributed by atoms with E-state index in [0.29, 0.717) is 41.8 Å². The van der Waals surface area contributed by atoms with Gasteiger partial charge in [0.1, 0.15) is 11.6 Å². The average molecular weight is 523 g/mol. The van der Waals surface area contributed by atoms with Gasteiger partial charge in [0, 0.05) is 41.8 Å². The molecule has 0 unspecified atom stereocenters. The van der Waals surface area contributed by atoms with Gasteiger partial charge in [-0.3, -0.25) is 19.2 Å². The maximum Gasteiger partial charge on any atom is 0.254 e. The third kappa shape index (κ3) is 7.96. The Morgan fingerprint density at radius 1 is 1.06 bits per heavy atom. The summed E-state index contributed by atoms with van der Waals surface area (Å²) >= 11 is 0. The van der Waals surface area contributed by atoms with Crippen LogP contribution in [-0.2, 0) is 19.2 Å². The molecule has 10 heteroatoms. The van der Waals surface area contributed by atoms with Crippen molar-refractivity contribution in [2.45, 2.75) is 78.4 Å². The van der Waals surface area contributed by atoms with Gasteiger partial charge in [-0.1, -0.05) is 0 Å². The molecule has 4 N–H and O–H groups in total. The highest BCUT2D eigenvalue weighted by atomic mass is 35.5. The molecule has 7 nitrogen and oxygen atoms in total. The number of quaternary nitrogens is 1. The molecule has 2 aliphatic rings. The molecular formula is C23H39ClN2O5S2. The summed E-state index contributed by atoms with van der Waals surface area (Å²) < 4.78 is 0. The Morgan fingerprint density at radius 3 is 2.03 bits per heavy atom. The van der Waals surface area contributed by atoms with Crippen molar-refractivity contribution >= 4 is 50.2 Å². The van der Waals surface area contributed by atoms with E-state index in [4.69, 9.17) is 0 Å². The van der Waals surface area contributed by atoms with Crippen molar-refractivity contribution in [1.29, 1.82) is 0 Å². The van der Waals surface area contributed by atoms with Gasteiger partial charge in [0.25, 0.3) is 5.91 Å². The summed E-state index contributed by atoms with van der Waals surface area (Å²) in [6.45, 7) is 9.16. The van der Waals surface area contributed by atoms with Crippen molar-refractivity contribution in [3.8, 4) is 0 Å². The Morgan fingerprint density at radius 2 is 1.55 bits per heavy atom. The largest absolute Gasteiger partial charge is 1.00 e. The SMILES string of the molecule is CC1=C(C)C(=O)C(CC[C@](C)(O)C(=O)N2CCC(CC(=O)[C@H](C)[NH3+])CC2)=C(C)C1=O.S.S.[Cl-]. The lowest BCUT2D eigenvalue weighted by molar-refractivity contribution is -0.397. The molecule has 33 heavy (non-hydrogen) atoms. The zero-order valence-electron chi connectivity index (χ0n) is 20.2. The molecule has 2 rings (SSSR count). The van der Waals surface area contributed by atoms with E-state index >= 15 is 0 Å². The van der Waals surface area contributed by atoms with E-state index in [1.165, 1.54) is 6.92 Å². The van der Waals surface area contributed by atoms with Crippen molar-refractivity contribution < 1.29 is 42.4 Å². The monoisotopic (exact) mass is 522 g/mol. The molecule has 0 aromatic heterocycles. The fourth-order valence-electron chi connectivity index (χ4n) is 4.10. The first kappa shape index (κ1) is 34.0. The number of amides is 1. The van der Waals surface area contributed by atoms with Crippen molar-refractivity contribution in [3.05, 3.63) is 22.3 Å². The number of hydrogen-bond acceptors (Lipinski definition) is 5. The number of likely N-dealkylation sites (tertiary alicyclic amines) is 1. The smallest absolute Gasteiger partial charge is 0.254 e. The highest BCUT2D eigenvalue weighted by Gasteiger charge is 2.38. The predicted octanol–water partition coefficient (Wildman–Crippen LogP) is -1.62. The van der Waals surface area contributed by atoms with Crippen LogP contribution in [0.25, 0.3) is 0 Å². The zero-order chi connectivity index (χ0) is 22.8. The molecule has 190 valence electrons. The standard InChI is InChI=1S/C23H34N2O5.ClH.2H2S/c1-13-14(2)21(28)18(15(3)20(13)27)6-9-23(5,30)22(29)25-10-7-17(8-11-25)12-19(26)16(4)24;;;/h16-17,30H,6-12,24H2,1-5H3;1H;2*1H2/t16-,23-;;;/m0.../s1. The Bertz CT molecular complexity index is 829. The molecule has 0 aromatic carbocycles. The molecule has 0 spiro atoms. The van der Waals surface area contributed by atoms with Crippen LogP contribution < -0.4 is 18.1 Å². The minimum atomic E-state index is -1.62. The number of piperidine rings is 1. The topological polar surface area (TPSA) is 119 Å². The number of nitrogens with zero attached hydrogens (tertiary/aromatic N) is 1. The van der Waals surface area contributed by atoms with Crippen LogP contribution in [0.1, 0.15) is 66.7 Å². The van der Waals surface area contributed by atoms with Gasteiger partial charge in [0.15, 0.2) is 17.3 Å². The molecule has 0 aromatic rings.